The van der Waals surface area contributed by atoms with E-state index in [9.17, 15) is 4.79 Å². The van der Waals surface area contributed by atoms with Gasteiger partial charge < -0.3 is 9.64 Å². The van der Waals surface area contributed by atoms with Gasteiger partial charge in [0.1, 0.15) is 5.75 Å². The molecule has 0 spiro atoms. The second-order valence-electron chi connectivity index (χ2n) is 4.22. The Morgan fingerprint density at radius 3 is 2.56 bits per heavy atom. The maximum Gasteiger partial charge on any atom is 0.254 e. The van der Waals surface area contributed by atoms with Crippen LogP contribution in [0.1, 0.15) is 30.1 Å². The lowest BCUT2D eigenvalue weighted by molar-refractivity contribution is 0.0747. The van der Waals surface area contributed by atoms with Crippen LogP contribution in [-0.2, 0) is 0 Å². The molecule has 3 nitrogen and oxygen atoms in total. The van der Waals surface area contributed by atoms with Crippen molar-refractivity contribution in [3.8, 4) is 5.75 Å². The molecule has 0 aliphatic carbocycles. The van der Waals surface area contributed by atoms with E-state index in [4.69, 9.17) is 4.74 Å². The maximum absolute atomic E-state index is 12.1. The number of methoxy groups -OCH3 is 1. The van der Waals surface area contributed by atoms with Gasteiger partial charge in [0, 0.05) is 18.2 Å². The quantitative estimate of drug-likeness (QED) is 0.764. The van der Waals surface area contributed by atoms with E-state index in [2.05, 4.69) is 6.92 Å². The van der Waals surface area contributed by atoms with Crippen LogP contribution in [0.15, 0.2) is 24.3 Å². The molecule has 16 heavy (non-hydrogen) atoms. The van der Waals surface area contributed by atoms with Crippen LogP contribution < -0.4 is 4.74 Å². The monoisotopic (exact) mass is 219 g/mol. The summed E-state index contributed by atoms with van der Waals surface area (Å²) in [5.41, 5.74) is 0.745. The summed E-state index contributed by atoms with van der Waals surface area (Å²) < 4.78 is 5.07. The molecule has 0 bridgehead atoms. The van der Waals surface area contributed by atoms with E-state index >= 15 is 0 Å². The summed E-state index contributed by atoms with van der Waals surface area (Å²) in [4.78, 5) is 14.1. The minimum atomic E-state index is 0.132. The number of carbonyl (C=O) groups excluding carboxylic acids is 1. The maximum atomic E-state index is 12.1. The molecule has 0 saturated carbocycles. The number of amides is 1. The zero-order valence-electron chi connectivity index (χ0n) is 9.77. The van der Waals surface area contributed by atoms with Gasteiger partial charge in [-0.2, -0.15) is 0 Å². The summed E-state index contributed by atoms with van der Waals surface area (Å²) in [7, 11) is 1.62. The third-order valence-corrected chi connectivity index (χ3v) is 3.15. The molecule has 1 atom stereocenters. The fourth-order valence-corrected chi connectivity index (χ4v) is 2.13. The molecule has 1 aliphatic rings. The van der Waals surface area contributed by atoms with Crippen molar-refractivity contribution in [3.63, 3.8) is 0 Å². The zero-order chi connectivity index (χ0) is 11.5. The Bertz CT molecular complexity index is 372. The average Bonchev–Trinajstić information content (AvgIpc) is 2.75. The van der Waals surface area contributed by atoms with Gasteiger partial charge in [-0.15, -0.1) is 0 Å². The third kappa shape index (κ3) is 2.03. The van der Waals surface area contributed by atoms with E-state index in [0.29, 0.717) is 6.04 Å². The molecule has 0 N–H and O–H groups in total. The van der Waals surface area contributed by atoms with Crippen molar-refractivity contribution < 1.29 is 9.53 Å². The second-order valence-corrected chi connectivity index (χ2v) is 4.22. The highest BCUT2D eigenvalue weighted by Gasteiger charge is 2.25. The Labute approximate surface area is 96.0 Å². The largest absolute Gasteiger partial charge is 0.497 e. The van der Waals surface area contributed by atoms with Crippen LogP contribution in [-0.4, -0.2) is 30.5 Å². The van der Waals surface area contributed by atoms with Gasteiger partial charge in [-0.05, 0) is 44.0 Å². The predicted molar refractivity (Wildman–Crippen MR) is 62.7 cm³/mol. The topological polar surface area (TPSA) is 29.5 Å². The fourth-order valence-electron chi connectivity index (χ4n) is 2.13. The molecule has 1 aromatic carbocycles. The molecular weight excluding hydrogens is 202 g/mol. The highest BCUT2D eigenvalue weighted by molar-refractivity contribution is 5.94. The first kappa shape index (κ1) is 11.0. The Morgan fingerprint density at radius 2 is 2.06 bits per heavy atom. The van der Waals surface area contributed by atoms with Crippen molar-refractivity contribution in [2.24, 2.45) is 0 Å². The molecule has 1 fully saturated rings. The van der Waals surface area contributed by atoms with E-state index in [0.717, 1.165) is 30.7 Å². The lowest BCUT2D eigenvalue weighted by Gasteiger charge is -2.21. The smallest absolute Gasteiger partial charge is 0.254 e. The first-order valence-corrected chi connectivity index (χ1v) is 5.67. The Morgan fingerprint density at radius 1 is 1.38 bits per heavy atom. The number of ether oxygens (including phenoxy) is 1. The van der Waals surface area contributed by atoms with E-state index in [1.165, 1.54) is 0 Å². The summed E-state index contributed by atoms with van der Waals surface area (Å²) in [5.74, 6) is 0.915. The number of nitrogens with zero attached hydrogens (tertiary/aromatic N) is 1. The van der Waals surface area contributed by atoms with E-state index in [1.54, 1.807) is 7.11 Å². The standard InChI is InChI=1S/C13H17NO2/c1-10-4-3-9-14(10)13(15)11-5-7-12(16-2)8-6-11/h5-8,10H,3-4,9H2,1-2H3. The summed E-state index contributed by atoms with van der Waals surface area (Å²) in [6.45, 7) is 2.99. The van der Waals surface area contributed by atoms with Crippen molar-refractivity contribution in [1.29, 1.82) is 0 Å². The van der Waals surface area contributed by atoms with Gasteiger partial charge in [0.25, 0.3) is 5.91 Å². The highest BCUT2D eigenvalue weighted by Crippen LogP contribution is 2.20. The number of benzene rings is 1. The van der Waals surface area contributed by atoms with Crippen molar-refractivity contribution in [2.75, 3.05) is 13.7 Å². The van der Waals surface area contributed by atoms with Crippen LogP contribution in [0.3, 0.4) is 0 Å². The molecule has 86 valence electrons. The lowest BCUT2D eigenvalue weighted by Crippen LogP contribution is -2.33. The minimum absolute atomic E-state index is 0.132. The van der Waals surface area contributed by atoms with Crippen LogP contribution in [0.4, 0.5) is 0 Å². The van der Waals surface area contributed by atoms with Crippen LogP contribution in [0.2, 0.25) is 0 Å². The molecule has 0 aromatic heterocycles. The molecule has 0 radical (unpaired) electrons. The van der Waals surface area contributed by atoms with Crippen LogP contribution >= 0.6 is 0 Å². The number of rotatable bonds is 2. The summed E-state index contributed by atoms with van der Waals surface area (Å²) >= 11 is 0. The molecule has 1 saturated heterocycles. The lowest BCUT2D eigenvalue weighted by atomic mass is 10.2. The summed E-state index contributed by atoms with van der Waals surface area (Å²) in [6, 6.07) is 7.68. The molecule has 2 rings (SSSR count). The molecule has 1 amide bonds. The first-order chi connectivity index (χ1) is 7.72. The van der Waals surface area contributed by atoms with E-state index in [1.807, 2.05) is 29.2 Å². The Hall–Kier alpha value is -1.51. The number of likely N-dealkylation sites (tertiary alicyclic amines) is 1. The van der Waals surface area contributed by atoms with Gasteiger partial charge in [-0.25, -0.2) is 0 Å². The Balaban J connectivity index is 2.14. The Kier molecular flexibility index (Phi) is 3.13. The molecule has 1 aromatic rings. The van der Waals surface area contributed by atoms with E-state index < -0.39 is 0 Å². The number of hydrogen-bond donors (Lipinski definition) is 0. The summed E-state index contributed by atoms with van der Waals surface area (Å²) in [6.07, 6.45) is 2.23. The van der Waals surface area contributed by atoms with Gasteiger partial charge in [0.15, 0.2) is 0 Å². The van der Waals surface area contributed by atoms with Crippen LogP contribution in [0, 0.1) is 0 Å². The number of hydrogen-bond acceptors (Lipinski definition) is 2. The van der Waals surface area contributed by atoms with Crippen molar-refractivity contribution in [2.45, 2.75) is 25.8 Å². The minimum Gasteiger partial charge on any atom is -0.497 e. The molecular formula is C13H17NO2. The highest BCUT2D eigenvalue weighted by atomic mass is 16.5. The average molecular weight is 219 g/mol. The third-order valence-electron chi connectivity index (χ3n) is 3.15. The normalized spacial score (nSPS) is 19.9. The second kappa shape index (κ2) is 4.56. The van der Waals surface area contributed by atoms with Gasteiger partial charge in [0.2, 0.25) is 0 Å². The first-order valence-electron chi connectivity index (χ1n) is 5.67. The fraction of sp³-hybridized carbons (Fsp3) is 0.462. The zero-order valence-corrected chi connectivity index (χ0v) is 9.77. The van der Waals surface area contributed by atoms with Crippen molar-refractivity contribution in [3.05, 3.63) is 29.8 Å². The molecule has 1 heterocycles. The SMILES string of the molecule is COc1ccc(C(=O)N2CCCC2C)cc1. The van der Waals surface area contributed by atoms with Gasteiger partial charge in [0.05, 0.1) is 7.11 Å². The van der Waals surface area contributed by atoms with Gasteiger partial charge >= 0.3 is 0 Å². The van der Waals surface area contributed by atoms with Crippen molar-refractivity contribution >= 4 is 5.91 Å². The van der Waals surface area contributed by atoms with Crippen LogP contribution in [0.25, 0.3) is 0 Å². The van der Waals surface area contributed by atoms with Crippen LogP contribution in [0.5, 0.6) is 5.75 Å². The number of carbonyl (C=O) groups is 1. The predicted octanol–water partition coefficient (Wildman–Crippen LogP) is 2.32. The molecule has 3 heteroatoms. The van der Waals surface area contributed by atoms with Gasteiger partial charge in [-0.3, -0.25) is 4.79 Å². The molecule has 1 unspecified atom stereocenters. The van der Waals surface area contributed by atoms with Crippen molar-refractivity contribution in [1.82, 2.24) is 4.90 Å². The van der Waals surface area contributed by atoms with E-state index in [-0.39, 0.29) is 5.91 Å². The van der Waals surface area contributed by atoms with Gasteiger partial charge in [-0.1, -0.05) is 0 Å². The summed E-state index contributed by atoms with van der Waals surface area (Å²) in [5, 5.41) is 0. The molecule has 1 aliphatic heterocycles.